The number of nitrogens with zero attached hydrogens (tertiary/aromatic N) is 1. The van der Waals surface area contributed by atoms with Gasteiger partial charge in [-0.2, -0.15) is 0 Å². The van der Waals surface area contributed by atoms with Crippen molar-refractivity contribution < 1.29 is 0 Å². The Morgan fingerprint density at radius 2 is 1.09 bits per heavy atom. The van der Waals surface area contributed by atoms with E-state index < -0.39 is 0 Å². The van der Waals surface area contributed by atoms with Crippen LogP contribution in [0.4, 0.5) is 17.1 Å². The summed E-state index contributed by atoms with van der Waals surface area (Å²) in [7, 11) is 0. The van der Waals surface area contributed by atoms with Crippen molar-refractivity contribution in [1.29, 1.82) is 0 Å². The summed E-state index contributed by atoms with van der Waals surface area (Å²) in [5.41, 5.74) is 8.92. The van der Waals surface area contributed by atoms with E-state index in [4.69, 9.17) is 0 Å². The van der Waals surface area contributed by atoms with Crippen molar-refractivity contribution in [1.82, 2.24) is 0 Å². The molecule has 222 valence electrons. The molecule has 10 rings (SSSR count). The van der Waals surface area contributed by atoms with Gasteiger partial charge >= 0.3 is 0 Å². The lowest BCUT2D eigenvalue weighted by Crippen LogP contribution is -2.15. The third-order valence-corrected chi connectivity index (χ3v) is 11.6. The van der Waals surface area contributed by atoms with Crippen LogP contribution in [0.15, 0.2) is 152 Å². The number of thiophene rings is 1. The first-order chi connectivity index (χ1) is 23.1. The van der Waals surface area contributed by atoms with Gasteiger partial charge in [-0.25, -0.2) is 0 Å². The average molecular weight is 618 g/mol. The fraction of sp³-hybridized carbons (Fsp3) is 0.0667. The molecule has 0 saturated heterocycles. The lowest BCUT2D eigenvalue weighted by atomic mass is 9.82. The predicted molar refractivity (Wildman–Crippen MR) is 204 cm³/mol. The summed E-state index contributed by atoms with van der Waals surface area (Å²) in [4.78, 5) is 2.50. The molecule has 1 aromatic heterocycles. The fourth-order valence-electron chi connectivity index (χ4n) is 8.16. The zero-order chi connectivity index (χ0) is 31.3. The molecule has 0 spiro atoms. The monoisotopic (exact) mass is 617 g/mol. The summed E-state index contributed by atoms with van der Waals surface area (Å²) in [6, 6.07) is 56.5. The first-order valence-electron chi connectivity index (χ1n) is 16.4. The van der Waals surface area contributed by atoms with Crippen LogP contribution in [0, 0.1) is 0 Å². The quantitative estimate of drug-likeness (QED) is 0.178. The summed E-state index contributed by atoms with van der Waals surface area (Å²) in [6.07, 6.45) is 0. The molecule has 1 heterocycles. The highest BCUT2D eigenvalue weighted by atomic mass is 32.1. The van der Waals surface area contributed by atoms with Crippen LogP contribution in [0.3, 0.4) is 0 Å². The van der Waals surface area contributed by atoms with Crippen molar-refractivity contribution in [2.24, 2.45) is 0 Å². The van der Waals surface area contributed by atoms with Gasteiger partial charge in [-0.15, -0.1) is 11.3 Å². The van der Waals surface area contributed by atoms with Gasteiger partial charge in [0.25, 0.3) is 0 Å². The molecule has 0 amide bonds. The standard InChI is InChI=1S/C45H31NS/c1-45(2)39-17-9-7-15-34(39)37-26-30(20-23-40(37)45)46(31-21-24-43-38(27-31)35-16-8-10-18-42(35)47-43)41-25-29-12-4-6-14-33(29)44-32-13-5-3-11-28(32)19-22-36(41)44/h3-27H,1-2H3. The van der Waals surface area contributed by atoms with Crippen LogP contribution in [-0.4, -0.2) is 0 Å². The van der Waals surface area contributed by atoms with Gasteiger partial charge in [0, 0.05) is 42.3 Å². The maximum atomic E-state index is 2.50. The molecule has 0 aliphatic heterocycles. The largest absolute Gasteiger partial charge is 0.310 e. The van der Waals surface area contributed by atoms with Crippen LogP contribution >= 0.6 is 11.3 Å². The predicted octanol–water partition coefficient (Wildman–Crippen LogP) is 13.3. The highest BCUT2D eigenvalue weighted by Gasteiger charge is 2.35. The highest BCUT2D eigenvalue weighted by Crippen LogP contribution is 2.52. The van der Waals surface area contributed by atoms with Gasteiger partial charge in [-0.1, -0.05) is 123 Å². The normalized spacial score (nSPS) is 13.5. The fourth-order valence-corrected chi connectivity index (χ4v) is 9.25. The Hall–Kier alpha value is -5.44. The summed E-state index contributed by atoms with van der Waals surface area (Å²) in [6.45, 7) is 4.71. The van der Waals surface area contributed by atoms with Crippen LogP contribution in [0.2, 0.25) is 0 Å². The zero-order valence-corrected chi connectivity index (χ0v) is 27.1. The number of hydrogen-bond acceptors (Lipinski definition) is 2. The van der Waals surface area contributed by atoms with E-state index >= 15 is 0 Å². The molecule has 1 aliphatic rings. The van der Waals surface area contributed by atoms with Crippen molar-refractivity contribution in [3.63, 3.8) is 0 Å². The van der Waals surface area contributed by atoms with Crippen molar-refractivity contribution in [2.45, 2.75) is 19.3 Å². The van der Waals surface area contributed by atoms with Crippen LogP contribution in [0.1, 0.15) is 25.0 Å². The molecule has 47 heavy (non-hydrogen) atoms. The van der Waals surface area contributed by atoms with E-state index in [-0.39, 0.29) is 5.41 Å². The van der Waals surface area contributed by atoms with Gasteiger partial charge in [0.05, 0.1) is 5.69 Å². The number of anilines is 3. The van der Waals surface area contributed by atoms with Gasteiger partial charge in [-0.05, 0) is 91.6 Å². The minimum Gasteiger partial charge on any atom is -0.310 e. The van der Waals surface area contributed by atoms with Gasteiger partial charge in [0.15, 0.2) is 0 Å². The lowest BCUT2D eigenvalue weighted by Gasteiger charge is -2.29. The molecule has 0 bridgehead atoms. The molecular formula is C45H31NS. The molecular weight excluding hydrogens is 587 g/mol. The van der Waals surface area contributed by atoms with Crippen LogP contribution in [0.25, 0.3) is 63.6 Å². The second-order valence-electron chi connectivity index (χ2n) is 13.3. The molecule has 1 nitrogen and oxygen atoms in total. The van der Waals surface area contributed by atoms with Gasteiger partial charge in [-0.3, -0.25) is 0 Å². The molecule has 9 aromatic rings. The maximum Gasteiger partial charge on any atom is 0.0546 e. The molecule has 0 N–H and O–H groups in total. The van der Waals surface area contributed by atoms with E-state index in [9.17, 15) is 0 Å². The van der Waals surface area contributed by atoms with Crippen LogP contribution in [-0.2, 0) is 5.41 Å². The SMILES string of the molecule is CC1(C)c2ccccc2-c2cc(N(c3ccc4sc5ccccc5c4c3)c3cc4ccccc4c4c3ccc3ccccc34)ccc21. The number of rotatable bonds is 3. The molecule has 0 radical (unpaired) electrons. The third kappa shape index (κ3) is 3.83. The first-order valence-corrected chi connectivity index (χ1v) is 17.2. The van der Waals surface area contributed by atoms with E-state index in [1.54, 1.807) is 0 Å². The van der Waals surface area contributed by atoms with Crippen molar-refractivity contribution in [2.75, 3.05) is 4.90 Å². The maximum absolute atomic E-state index is 2.50. The number of benzene rings is 8. The highest BCUT2D eigenvalue weighted by molar-refractivity contribution is 7.25. The summed E-state index contributed by atoms with van der Waals surface area (Å²) < 4.78 is 2.64. The van der Waals surface area contributed by atoms with Gasteiger partial charge < -0.3 is 4.90 Å². The Morgan fingerprint density at radius 3 is 1.96 bits per heavy atom. The third-order valence-electron chi connectivity index (χ3n) is 10.4. The summed E-state index contributed by atoms with van der Waals surface area (Å²) in [5, 5.41) is 10.2. The zero-order valence-electron chi connectivity index (χ0n) is 26.3. The van der Waals surface area contributed by atoms with Gasteiger partial charge in [0.1, 0.15) is 0 Å². The molecule has 0 atom stereocenters. The smallest absolute Gasteiger partial charge is 0.0546 e. The Bertz CT molecular complexity index is 2710. The second kappa shape index (κ2) is 9.78. The van der Waals surface area contributed by atoms with Crippen molar-refractivity contribution in [3.05, 3.63) is 163 Å². The Kier molecular flexibility index (Phi) is 5.57. The average Bonchev–Trinajstić information content (AvgIpc) is 3.60. The second-order valence-corrected chi connectivity index (χ2v) is 14.4. The van der Waals surface area contributed by atoms with E-state index in [0.717, 1.165) is 5.69 Å². The molecule has 1 aliphatic carbocycles. The Balaban J connectivity index is 1.32. The number of hydrogen-bond donors (Lipinski definition) is 0. The van der Waals surface area contributed by atoms with Crippen molar-refractivity contribution in [3.8, 4) is 11.1 Å². The van der Waals surface area contributed by atoms with E-state index in [1.165, 1.54) is 86.1 Å². The topological polar surface area (TPSA) is 3.24 Å². The summed E-state index contributed by atoms with van der Waals surface area (Å²) in [5.74, 6) is 0. The molecule has 0 unspecified atom stereocenters. The number of fused-ring (bicyclic) bond motifs is 11. The lowest BCUT2D eigenvalue weighted by molar-refractivity contribution is 0.660. The Morgan fingerprint density at radius 1 is 0.447 bits per heavy atom. The minimum atomic E-state index is -0.0433. The van der Waals surface area contributed by atoms with Gasteiger partial charge in [0.2, 0.25) is 0 Å². The molecule has 8 aromatic carbocycles. The molecule has 2 heteroatoms. The van der Waals surface area contributed by atoms with E-state index in [0.29, 0.717) is 0 Å². The summed E-state index contributed by atoms with van der Waals surface area (Å²) >= 11 is 1.87. The molecule has 0 saturated carbocycles. The minimum absolute atomic E-state index is 0.0433. The van der Waals surface area contributed by atoms with Crippen molar-refractivity contribution >= 4 is 80.9 Å². The first kappa shape index (κ1) is 26.7. The van der Waals surface area contributed by atoms with Crippen LogP contribution < -0.4 is 4.90 Å². The van der Waals surface area contributed by atoms with E-state index in [1.807, 2.05) is 11.3 Å². The Labute approximate surface area is 278 Å². The van der Waals surface area contributed by atoms with Crippen LogP contribution in [0.5, 0.6) is 0 Å². The molecule has 0 fully saturated rings. The van der Waals surface area contributed by atoms with E-state index in [2.05, 4.69) is 170 Å².